The van der Waals surface area contributed by atoms with Gasteiger partial charge < -0.3 is 15.7 Å². The molecule has 1 fully saturated rings. The molecule has 1 aliphatic heterocycles. The van der Waals surface area contributed by atoms with E-state index >= 15 is 0 Å². The smallest absolute Gasteiger partial charge is 0.239 e. The average molecular weight is 228 g/mol. The fourth-order valence-corrected chi connectivity index (χ4v) is 2.05. The monoisotopic (exact) mass is 228 g/mol. The highest BCUT2D eigenvalue weighted by molar-refractivity contribution is 5.81. The quantitative estimate of drug-likeness (QED) is 0.748. The first-order valence-corrected chi connectivity index (χ1v) is 6.08. The van der Waals surface area contributed by atoms with Crippen LogP contribution in [-0.2, 0) is 4.79 Å². The first-order valence-electron chi connectivity index (χ1n) is 6.08. The summed E-state index contributed by atoms with van der Waals surface area (Å²) in [4.78, 5) is 13.7. The van der Waals surface area contributed by atoms with Crippen LogP contribution in [0.1, 0.15) is 40.0 Å². The van der Waals surface area contributed by atoms with E-state index in [-0.39, 0.29) is 11.9 Å². The number of nitrogens with two attached hydrogens (primary N) is 1. The second kappa shape index (κ2) is 5.15. The number of nitrogens with zero attached hydrogens (tertiary/aromatic N) is 1. The van der Waals surface area contributed by atoms with Gasteiger partial charge >= 0.3 is 0 Å². The van der Waals surface area contributed by atoms with Crippen molar-refractivity contribution in [3.63, 3.8) is 0 Å². The van der Waals surface area contributed by atoms with Crippen LogP contribution in [0.5, 0.6) is 0 Å². The molecule has 1 atom stereocenters. The minimum Gasteiger partial charge on any atom is -0.390 e. The minimum atomic E-state index is -0.612. The molecule has 0 radical (unpaired) electrons. The Balaban J connectivity index is 2.44. The maximum absolute atomic E-state index is 12.0. The number of likely N-dealkylation sites (tertiary alicyclic amines) is 1. The van der Waals surface area contributed by atoms with Crippen molar-refractivity contribution in [2.24, 2.45) is 11.7 Å². The number of piperidine rings is 1. The van der Waals surface area contributed by atoms with E-state index in [1.54, 1.807) is 4.90 Å². The molecule has 1 rings (SSSR count). The zero-order valence-electron chi connectivity index (χ0n) is 10.6. The third-order valence-corrected chi connectivity index (χ3v) is 3.19. The van der Waals surface area contributed by atoms with Gasteiger partial charge in [0.05, 0.1) is 11.6 Å². The Kier molecular flexibility index (Phi) is 4.33. The average Bonchev–Trinajstić information content (AvgIpc) is 2.15. The Labute approximate surface area is 97.8 Å². The van der Waals surface area contributed by atoms with E-state index in [0.717, 1.165) is 6.42 Å². The highest BCUT2D eigenvalue weighted by Gasteiger charge is 2.31. The van der Waals surface area contributed by atoms with Gasteiger partial charge in [0.2, 0.25) is 5.91 Å². The number of carbonyl (C=O) groups is 1. The predicted octanol–water partition coefficient (Wildman–Crippen LogP) is 0.733. The summed E-state index contributed by atoms with van der Waals surface area (Å²) < 4.78 is 0. The Morgan fingerprint density at radius 1 is 1.44 bits per heavy atom. The van der Waals surface area contributed by atoms with E-state index in [9.17, 15) is 9.90 Å². The van der Waals surface area contributed by atoms with Crippen LogP contribution in [0.4, 0.5) is 0 Å². The first kappa shape index (κ1) is 13.5. The third-order valence-electron chi connectivity index (χ3n) is 3.19. The zero-order valence-corrected chi connectivity index (χ0v) is 10.6. The summed E-state index contributed by atoms with van der Waals surface area (Å²) in [7, 11) is 0. The lowest BCUT2D eigenvalue weighted by atomic mass is 9.93. The normalized spacial score (nSPS) is 22.2. The molecule has 4 nitrogen and oxygen atoms in total. The molecule has 0 aromatic heterocycles. The van der Waals surface area contributed by atoms with E-state index in [4.69, 9.17) is 5.73 Å². The Bertz CT molecular complexity index is 241. The van der Waals surface area contributed by atoms with E-state index in [1.165, 1.54) is 0 Å². The molecule has 1 heterocycles. The topological polar surface area (TPSA) is 66.6 Å². The summed E-state index contributed by atoms with van der Waals surface area (Å²) in [6.45, 7) is 7.19. The van der Waals surface area contributed by atoms with Crippen molar-refractivity contribution in [1.82, 2.24) is 4.90 Å². The lowest BCUT2D eigenvalue weighted by molar-refractivity contribution is -0.136. The van der Waals surface area contributed by atoms with Gasteiger partial charge in [-0.3, -0.25) is 4.79 Å². The highest BCUT2D eigenvalue weighted by atomic mass is 16.3. The summed E-state index contributed by atoms with van der Waals surface area (Å²) >= 11 is 0. The van der Waals surface area contributed by atoms with Crippen LogP contribution in [0.3, 0.4) is 0 Å². The van der Waals surface area contributed by atoms with E-state index in [2.05, 4.69) is 13.8 Å². The molecule has 0 bridgehead atoms. The third kappa shape index (κ3) is 3.76. The van der Waals surface area contributed by atoms with Gasteiger partial charge in [-0.2, -0.15) is 0 Å². The second-order valence-electron chi connectivity index (χ2n) is 5.56. The molecule has 1 amide bonds. The van der Waals surface area contributed by atoms with Crippen LogP contribution in [0, 0.1) is 5.92 Å². The van der Waals surface area contributed by atoms with Crippen molar-refractivity contribution in [2.75, 3.05) is 13.1 Å². The molecule has 0 saturated carbocycles. The van der Waals surface area contributed by atoms with Crippen LogP contribution < -0.4 is 5.73 Å². The van der Waals surface area contributed by atoms with Crippen LogP contribution in [0.2, 0.25) is 0 Å². The first-order chi connectivity index (χ1) is 7.32. The molecular weight excluding hydrogens is 204 g/mol. The van der Waals surface area contributed by atoms with Crippen molar-refractivity contribution >= 4 is 5.91 Å². The predicted molar refractivity (Wildman–Crippen MR) is 63.9 cm³/mol. The molecule has 16 heavy (non-hydrogen) atoms. The number of hydrogen-bond acceptors (Lipinski definition) is 3. The highest BCUT2D eigenvalue weighted by Crippen LogP contribution is 2.21. The van der Waals surface area contributed by atoms with Gasteiger partial charge in [-0.25, -0.2) is 0 Å². The molecule has 4 heteroatoms. The number of aliphatic hydroxyl groups is 1. The van der Waals surface area contributed by atoms with Crippen molar-refractivity contribution in [1.29, 1.82) is 0 Å². The number of rotatable bonds is 3. The molecule has 0 spiro atoms. The van der Waals surface area contributed by atoms with Gasteiger partial charge in [-0.15, -0.1) is 0 Å². The van der Waals surface area contributed by atoms with E-state index < -0.39 is 5.60 Å². The number of amides is 1. The van der Waals surface area contributed by atoms with Crippen molar-refractivity contribution < 1.29 is 9.90 Å². The van der Waals surface area contributed by atoms with Gasteiger partial charge in [0.15, 0.2) is 0 Å². The summed E-state index contributed by atoms with van der Waals surface area (Å²) in [6.07, 6.45) is 2.02. The molecule has 0 aromatic carbocycles. The Morgan fingerprint density at radius 2 is 1.94 bits per heavy atom. The van der Waals surface area contributed by atoms with E-state index in [0.29, 0.717) is 31.8 Å². The molecule has 1 saturated heterocycles. The Hall–Kier alpha value is -0.610. The fourth-order valence-electron chi connectivity index (χ4n) is 2.05. The summed E-state index contributed by atoms with van der Waals surface area (Å²) in [6, 6.07) is -0.386. The number of carbonyl (C=O) groups excluding carboxylic acids is 1. The van der Waals surface area contributed by atoms with Crippen LogP contribution in [0.25, 0.3) is 0 Å². The molecule has 0 aliphatic carbocycles. The molecule has 0 unspecified atom stereocenters. The molecule has 94 valence electrons. The SMILES string of the molecule is CC(C)C[C@H](N)C(=O)N1CCC(C)(O)CC1. The zero-order chi connectivity index (χ0) is 12.3. The largest absolute Gasteiger partial charge is 0.390 e. The van der Waals surface area contributed by atoms with Crippen molar-refractivity contribution in [3.8, 4) is 0 Å². The van der Waals surface area contributed by atoms with Crippen LogP contribution >= 0.6 is 0 Å². The van der Waals surface area contributed by atoms with Gasteiger partial charge in [0.25, 0.3) is 0 Å². The van der Waals surface area contributed by atoms with Crippen molar-refractivity contribution in [2.45, 2.75) is 51.7 Å². The molecule has 1 aliphatic rings. The molecular formula is C12H24N2O2. The molecule has 3 N–H and O–H groups in total. The van der Waals surface area contributed by atoms with Gasteiger partial charge in [-0.1, -0.05) is 13.8 Å². The lowest BCUT2D eigenvalue weighted by Gasteiger charge is -2.37. The van der Waals surface area contributed by atoms with Crippen molar-refractivity contribution in [3.05, 3.63) is 0 Å². The van der Waals surface area contributed by atoms with Gasteiger partial charge in [0, 0.05) is 13.1 Å². The summed E-state index contributed by atoms with van der Waals surface area (Å²) in [5.41, 5.74) is 5.25. The lowest BCUT2D eigenvalue weighted by Crippen LogP contribution is -2.50. The van der Waals surface area contributed by atoms with Gasteiger partial charge in [0.1, 0.15) is 0 Å². The summed E-state index contributed by atoms with van der Waals surface area (Å²) in [5.74, 6) is 0.469. The maximum Gasteiger partial charge on any atom is 0.239 e. The maximum atomic E-state index is 12.0. The number of hydrogen-bond donors (Lipinski definition) is 2. The van der Waals surface area contributed by atoms with Crippen LogP contribution in [-0.4, -0.2) is 40.6 Å². The van der Waals surface area contributed by atoms with Crippen LogP contribution in [0.15, 0.2) is 0 Å². The summed E-state index contributed by atoms with van der Waals surface area (Å²) in [5, 5.41) is 9.79. The molecule has 0 aromatic rings. The standard InChI is InChI=1S/C12H24N2O2/c1-9(2)8-10(13)11(15)14-6-4-12(3,16)5-7-14/h9-10,16H,4-8,13H2,1-3H3/t10-/m0/s1. The van der Waals surface area contributed by atoms with E-state index in [1.807, 2.05) is 6.92 Å². The Morgan fingerprint density at radius 3 is 2.38 bits per heavy atom. The minimum absolute atomic E-state index is 0.0317. The van der Waals surface area contributed by atoms with Gasteiger partial charge in [-0.05, 0) is 32.1 Å². The fraction of sp³-hybridized carbons (Fsp3) is 0.917. The second-order valence-corrected chi connectivity index (χ2v) is 5.56.